The predicted octanol–water partition coefficient (Wildman–Crippen LogP) is 2.32. The molecule has 0 spiro atoms. The maximum atomic E-state index is 12.2. The van der Waals surface area contributed by atoms with Crippen LogP contribution in [0.15, 0.2) is 24.3 Å². The first-order valence-electron chi connectivity index (χ1n) is 8.37. The van der Waals surface area contributed by atoms with E-state index in [0.717, 1.165) is 12.8 Å². The molecule has 0 aromatic heterocycles. The number of hydrogen-bond donors (Lipinski definition) is 1. The topological polar surface area (TPSA) is 76.1 Å². The summed E-state index contributed by atoms with van der Waals surface area (Å²) in [6.07, 6.45) is 3.41. The Hall–Kier alpha value is -2.24. The van der Waals surface area contributed by atoms with Crippen molar-refractivity contribution in [2.45, 2.75) is 37.7 Å². The van der Waals surface area contributed by atoms with Gasteiger partial charge in [0.05, 0.1) is 7.11 Å². The zero-order chi connectivity index (χ0) is 17.2. The second-order valence-electron chi connectivity index (χ2n) is 6.58. The lowest BCUT2D eigenvalue weighted by Gasteiger charge is -2.39. The quantitative estimate of drug-likeness (QED) is 0.864. The molecule has 24 heavy (non-hydrogen) atoms. The molecule has 1 aliphatic heterocycles. The van der Waals surface area contributed by atoms with Gasteiger partial charge in [0.1, 0.15) is 0 Å². The third-order valence-electron chi connectivity index (χ3n) is 4.85. The first-order chi connectivity index (χ1) is 11.5. The summed E-state index contributed by atoms with van der Waals surface area (Å²) in [4.78, 5) is 25.9. The third-order valence-corrected chi connectivity index (χ3v) is 4.85. The molecule has 1 N–H and O–H groups in total. The molecule has 1 amide bonds. The number of methoxy groups -OCH3 is 1. The number of carbonyl (C=O) groups excluding carboxylic acids is 1. The first-order valence-corrected chi connectivity index (χ1v) is 8.37. The van der Waals surface area contributed by atoms with Crippen LogP contribution in [0.1, 0.15) is 32.1 Å². The number of carbonyl (C=O) groups is 2. The lowest BCUT2D eigenvalue weighted by molar-refractivity contribution is -0.162. The van der Waals surface area contributed by atoms with E-state index in [9.17, 15) is 14.7 Å². The molecule has 1 aliphatic carbocycles. The molecule has 2 fully saturated rings. The number of benzene rings is 1. The van der Waals surface area contributed by atoms with Crippen molar-refractivity contribution in [3.8, 4) is 11.5 Å². The molecule has 130 valence electrons. The number of aliphatic carboxylic acids is 1. The minimum absolute atomic E-state index is 0.133. The summed E-state index contributed by atoms with van der Waals surface area (Å²) in [6.45, 7) is 0.819. The van der Waals surface area contributed by atoms with Crippen LogP contribution in [0.4, 0.5) is 0 Å². The van der Waals surface area contributed by atoms with Crippen molar-refractivity contribution < 1.29 is 24.2 Å². The minimum atomic E-state index is -1.31. The lowest BCUT2D eigenvalue weighted by atomic mass is 9.90. The number of amides is 1. The van der Waals surface area contributed by atoms with Gasteiger partial charge in [-0.05, 0) is 30.9 Å². The Kier molecular flexibility index (Phi) is 4.64. The van der Waals surface area contributed by atoms with Crippen molar-refractivity contribution in [1.82, 2.24) is 4.90 Å². The van der Waals surface area contributed by atoms with Gasteiger partial charge >= 0.3 is 5.97 Å². The smallest absolute Gasteiger partial charge is 0.348 e. The maximum Gasteiger partial charge on any atom is 0.348 e. The zero-order valence-corrected chi connectivity index (χ0v) is 13.9. The lowest BCUT2D eigenvalue weighted by Crippen LogP contribution is -2.54. The van der Waals surface area contributed by atoms with Gasteiger partial charge in [-0.1, -0.05) is 12.1 Å². The van der Waals surface area contributed by atoms with Crippen LogP contribution in [-0.2, 0) is 9.59 Å². The van der Waals surface area contributed by atoms with E-state index in [1.165, 1.54) is 7.11 Å². The molecule has 1 saturated carbocycles. The van der Waals surface area contributed by atoms with E-state index in [1.807, 2.05) is 0 Å². The average molecular weight is 333 g/mol. The average Bonchev–Trinajstić information content (AvgIpc) is 3.39. The SMILES string of the molecule is COc1ccccc1OC1(C(=O)O)CCN(C(=O)CC2CC2)CC1. The van der Waals surface area contributed by atoms with Crippen LogP contribution in [0.25, 0.3) is 0 Å². The molecule has 0 unspecified atom stereocenters. The molecule has 0 radical (unpaired) electrons. The molecule has 1 aromatic rings. The first kappa shape index (κ1) is 16.6. The highest BCUT2D eigenvalue weighted by atomic mass is 16.5. The molecule has 3 rings (SSSR count). The highest BCUT2D eigenvalue weighted by Crippen LogP contribution is 2.36. The van der Waals surface area contributed by atoms with Crippen molar-refractivity contribution in [2.75, 3.05) is 20.2 Å². The highest BCUT2D eigenvalue weighted by molar-refractivity contribution is 5.80. The number of piperidine rings is 1. The van der Waals surface area contributed by atoms with Gasteiger partial charge < -0.3 is 19.5 Å². The summed E-state index contributed by atoms with van der Waals surface area (Å²) in [7, 11) is 1.52. The largest absolute Gasteiger partial charge is 0.493 e. The number of carboxylic acid groups (broad SMARTS) is 1. The van der Waals surface area contributed by atoms with E-state index < -0.39 is 11.6 Å². The van der Waals surface area contributed by atoms with Crippen LogP contribution in [0.2, 0.25) is 0 Å². The Morgan fingerprint density at radius 2 is 1.83 bits per heavy atom. The number of carboxylic acids is 1. The van der Waals surface area contributed by atoms with E-state index >= 15 is 0 Å². The summed E-state index contributed by atoms with van der Waals surface area (Å²) in [5, 5.41) is 9.72. The normalized spacial score (nSPS) is 19.6. The molecular formula is C18H23NO5. The van der Waals surface area contributed by atoms with E-state index in [4.69, 9.17) is 9.47 Å². The molecule has 1 heterocycles. The Bertz CT molecular complexity index is 618. The van der Waals surface area contributed by atoms with Crippen molar-refractivity contribution in [2.24, 2.45) is 5.92 Å². The van der Waals surface area contributed by atoms with Crippen LogP contribution < -0.4 is 9.47 Å². The molecule has 1 aromatic carbocycles. The zero-order valence-electron chi connectivity index (χ0n) is 13.9. The molecule has 6 nitrogen and oxygen atoms in total. The maximum absolute atomic E-state index is 12.2. The summed E-state index contributed by atoms with van der Waals surface area (Å²) < 4.78 is 11.1. The third kappa shape index (κ3) is 3.47. The van der Waals surface area contributed by atoms with Gasteiger partial charge in [0.15, 0.2) is 11.5 Å². The molecule has 1 saturated heterocycles. The van der Waals surface area contributed by atoms with E-state index in [-0.39, 0.29) is 18.7 Å². The van der Waals surface area contributed by atoms with Crippen LogP contribution >= 0.6 is 0 Å². The van der Waals surface area contributed by atoms with Crippen LogP contribution in [0, 0.1) is 5.92 Å². The Labute approximate surface area is 141 Å². The second kappa shape index (κ2) is 6.71. The monoisotopic (exact) mass is 333 g/mol. The number of likely N-dealkylation sites (tertiary alicyclic amines) is 1. The van der Waals surface area contributed by atoms with Crippen molar-refractivity contribution in [3.05, 3.63) is 24.3 Å². The van der Waals surface area contributed by atoms with Gasteiger partial charge in [-0.25, -0.2) is 4.79 Å². The second-order valence-corrected chi connectivity index (χ2v) is 6.58. The number of hydrogen-bond acceptors (Lipinski definition) is 4. The van der Waals surface area contributed by atoms with Gasteiger partial charge in [0.25, 0.3) is 0 Å². The standard InChI is InChI=1S/C18H23NO5/c1-23-14-4-2-3-5-15(14)24-18(17(21)22)8-10-19(11-9-18)16(20)12-13-6-7-13/h2-5,13H,6-12H2,1H3,(H,21,22). The highest BCUT2D eigenvalue weighted by Gasteiger charge is 2.45. The molecule has 0 atom stereocenters. The van der Waals surface area contributed by atoms with Gasteiger partial charge in [-0.2, -0.15) is 0 Å². The fraction of sp³-hybridized carbons (Fsp3) is 0.556. The predicted molar refractivity (Wildman–Crippen MR) is 87.1 cm³/mol. The van der Waals surface area contributed by atoms with Crippen molar-refractivity contribution >= 4 is 11.9 Å². The summed E-state index contributed by atoms with van der Waals surface area (Å²) in [6, 6.07) is 7.02. The van der Waals surface area contributed by atoms with Gasteiger partial charge in [0.2, 0.25) is 11.5 Å². The van der Waals surface area contributed by atoms with Gasteiger partial charge in [0, 0.05) is 32.4 Å². The van der Waals surface area contributed by atoms with E-state index in [2.05, 4.69) is 0 Å². The van der Waals surface area contributed by atoms with Crippen molar-refractivity contribution in [1.29, 1.82) is 0 Å². The summed E-state index contributed by atoms with van der Waals surface area (Å²) in [5.41, 5.74) is -1.31. The Morgan fingerprint density at radius 1 is 1.21 bits per heavy atom. The number of para-hydroxylation sites is 2. The minimum Gasteiger partial charge on any atom is -0.493 e. The van der Waals surface area contributed by atoms with Crippen LogP contribution in [-0.4, -0.2) is 47.7 Å². The number of ether oxygens (including phenoxy) is 2. The number of nitrogens with zero attached hydrogens (tertiary/aromatic N) is 1. The molecular weight excluding hydrogens is 310 g/mol. The van der Waals surface area contributed by atoms with Gasteiger partial charge in [-0.15, -0.1) is 0 Å². The molecule has 6 heteroatoms. The Morgan fingerprint density at radius 3 is 2.38 bits per heavy atom. The summed E-state index contributed by atoms with van der Waals surface area (Å²) >= 11 is 0. The van der Waals surface area contributed by atoms with E-state index in [1.54, 1.807) is 29.2 Å². The fourth-order valence-corrected chi connectivity index (χ4v) is 3.09. The van der Waals surface area contributed by atoms with E-state index in [0.29, 0.717) is 36.9 Å². The summed E-state index contributed by atoms with van der Waals surface area (Å²) in [5.74, 6) is 0.593. The number of rotatable bonds is 6. The Balaban J connectivity index is 1.69. The van der Waals surface area contributed by atoms with Gasteiger partial charge in [-0.3, -0.25) is 4.79 Å². The van der Waals surface area contributed by atoms with Crippen LogP contribution in [0.3, 0.4) is 0 Å². The molecule has 2 aliphatic rings. The van der Waals surface area contributed by atoms with Crippen molar-refractivity contribution in [3.63, 3.8) is 0 Å². The molecule has 0 bridgehead atoms. The fourth-order valence-electron chi connectivity index (χ4n) is 3.09. The van der Waals surface area contributed by atoms with Crippen LogP contribution in [0.5, 0.6) is 11.5 Å².